The van der Waals surface area contributed by atoms with E-state index < -0.39 is 10.8 Å². The SMILES string of the molecule is c1ccc(C2(c3ccccc3)c3cc4c(cc3-c3c2ccc2ccccc32)C(c2ccccc2)(c2ccccc2)c2ccc3ccccc3c2-4)cc1. The highest BCUT2D eigenvalue weighted by Gasteiger charge is 2.52. The van der Waals surface area contributed by atoms with E-state index >= 15 is 0 Å². The predicted octanol–water partition coefficient (Wildman–Crippen LogP) is 12.7. The van der Waals surface area contributed by atoms with Crippen LogP contribution in [-0.4, -0.2) is 0 Å². The predicted molar refractivity (Wildman–Crippen MR) is 216 cm³/mol. The van der Waals surface area contributed by atoms with E-state index in [4.69, 9.17) is 0 Å². The Labute approximate surface area is 304 Å². The highest BCUT2D eigenvalue weighted by Crippen LogP contribution is 2.64. The molecule has 0 spiro atoms. The normalized spacial score (nSPS) is 14.5. The van der Waals surface area contributed by atoms with Crippen LogP contribution in [0.3, 0.4) is 0 Å². The number of rotatable bonds is 4. The summed E-state index contributed by atoms with van der Waals surface area (Å²) in [5.41, 5.74) is 14.7. The summed E-state index contributed by atoms with van der Waals surface area (Å²) in [6.45, 7) is 0. The molecule has 0 radical (unpaired) electrons. The molecular weight excluding hydrogens is 625 g/mol. The zero-order valence-corrected chi connectivity index (χ0v) is 28.6. The second-order valence-corrected chi connectivity index (χ2v) is 14.3. The minimum atomic E-state index is -0.512. The molecule has 0 N–H and O–H groups in total. The van der Waals surface area contributed by atoms with Gasteiger partial charge in [0.2, 0.25) is 0 Å². The van der Waals surface area contributed by atoms with Crippen molar-refractivity contribution in [1.82, 2.24) is 0 Å². The molecule has 0 saturated heterocycles. The van der Waals surface area contributed by atoms with Gasteiger partial charge in [-0.1, -0.05) is 194 Å². The molecule has 2 aliphatic rings. The van der Waals surface area contributed by atoms with Gasteiger partial charge >= 0.3 is 0 Å². The summed E-state index contributed by atoms with van der Waals surface area (Å²) >= 11 is 0. The molecule has 0 heteroatoms. The molecule has 0 amide bonds. The molecule has 0 aliphatic heterocycles. The van der Waals surface area contributed by atoms with Crippen molar-refractivity contribution in [3.63, 3.8) is 0 Å². The van der Waals surface area contributed by atoms with Crippen LogP contribution in [0.1, 0.15) is 44.5 Å². The number of fused-ring (bicyclic) bond motifs is 10. The van der Waals surface area contributed by atoms with Crippen molar-refractivity contribution in [3.05, 3.63) is 251 Å². The van der Waals surface area contributed by atoms with Crippen LogP contribution in [0.4, 0.5) is 0 Å². The van der Waals surface area contributed by atoms with Crippen molar-refractivity contribution in [2.75, 3.05) is 0 Å². The van der Waals surface area contributed by atoms with Crippen LogP contribution in [0.5, 0.6) is 0 Å². The Morgan fingerprint density at radius 2 is 0.558 bits per heavy atom. The van der Waals surface area contributed by atoms with Gasteiger partial charge in [0.25, 0.3) is 0 Å². The second-order valence-electron chi connectivity index (χ2n) is 14.3. The van der Waals surface area contributed by atoms with E-state index in [9.17, 15) is 0 Å². The Morgan fingerprint density at radius 1 is 0.250 bits per heavy atom. The van der Waals surface area contributed by atoms with Gasteiger partial charge in [0.15, 0.2) is 0 Å². The van der Waals surface area contributed by atoms with Crippen molar-refractivity contribution in [2.45, 2.75) is 10.8 Å². The zero-order chi connectivity index (χ0) is 34.3. The fraction of sp³-hybridized carbons (Fsp3) is 0.0385. The fourth-order valence-corrected chi connectivity index (χ4v) is 10.0. The van der Waals surface area contributed by atoms with Crippen LogP contribution < -0.4 is 0 Å². The van der Waals surface area contributed by atoms with E-state index in [2.05, 4.69) is 206 Å². The van der Waals surface area contributed by atoms with E-state index in [1.807, 2.05) is 0 Å². The molecule has 9 aromatic carbocycles. The lowest BCUT2D eigenvalue weighted by atomic mass is 9.66. The lowest BCUT2D eigenvalue weighted by molar-refractivity contribution is 0.759. The van der Waals surface area contributed by atoms with Gasteiger partial charge in [-0.25, -0.2) is 0 Å². The van der Waals surface area contributed by atoms with E-state index in [-0.39, 0.29) is 0 Å². The van der Waals surface area contributed by atoms with Crippen molar-refractivity contribution in [2.24, 2.45) is 0 Å². The van der Waals surface area contributed by atoms with Gasteiger partial charge in [0, 0.05) is 0 Å². The highest BCUT2D eigenvalue weighted by molar-refractivity contribution is 6.08. The molecule has 0 atom stereocenters. The molecule has 11 rings (SSSR count). The molecule has 242 valence electrons. The number of hydrogen-bond acceptors (Lipinski definition) is 0. The number of benzene rings is 9. The third-order valence-electron chi connectivity index (χ3n) is 12.0. The molecule has 0 fully saturated rings. The van der Waals surface area contributed by atoms with Crippen molar-refractivity contribution in [3.8, 4) is 22.3 Å². The van der Waals surface area contributed by atoms with Crippen LogP contribution >= 0.6 is 0 Å². The quantitative estimate of drug-likeness (QED) is 0.177. The molecule has 0 nitrogen and oxygen atoms in total. The second kappa shape index (κ2) is 11.0. The first-order chi connectivity index (χ1) is 25.8. The molecule has 52 heavy (non-hydrogen) atoms. The summed E-state index contributed by atoms with van der Waals surface area (Å²) < 4.78 is 0. The van der Waals surface area contributed by atoms with E-state index in [0.29, 0.717) is 0 Å². The molecular formula is C52H34. The smallest absolute Gasteiger partial charge is 0.0622 e. The summed E-state index contributed by atoms with van der Waals surface area (Å²) in [6.07, 6.45) is 0. The van der Waals surface area contributed by atoms with Crippen LogP contribution in [0.15, 0.2) is 206 Å². The first-order valence-corrected chi connectivity index (χ1v) is 18.3. The van der Waals surface area contributed by atoms with Crippen molar-refractivity contribution in [1.29, 1.82) is 0 Å². The molecule has 9 aromatic rings. The lowest BCUT2D eigenvalue weighted by Crippen LogP contribution is -2.29. The summed E-state index contributed by atoms with van der Waals surface area (Å²) in [5.74, 6) is 0. The van der Waals surface area contributed by atoms with Crippen LogP contribution in [0.2, 0.25) is 0 Å². The first-order valence-electron chi connectivity index (χ1n) is 18.3. The maximum absolute atomic E-state index is 2.60. The van der Waals surface area contributed by atoms with E-state index in [1.54, 1.807) is 0 Å². The molecule has 0 bridgehead atoms. The van der Waals surface area contributed by atoms with Gasteiger partial charge in [-0.3, -0.25) is 0 Å². The maximum atomic E-state index is 2.60. The molecule has 0 unspecified atom stereocenters. The molecule has 2 aliphatic carbocycles. The average molecular weight is 659 g/mol. The van der Waals surface area contributed by atoms with Gasteiger partial charge < -0.3 is 0 Å². The minimum Gasteiger partial charge on any atom is -0.0622 e. The Kier molecular flexibility index (Phi) is 6.19. The van der Waals surface area contributed by atoms with Crippen molar-refractivity contribution >= 4 is 21.5 Å². The monoisotopic (exact) mass is 658 g/mol. The van der Waals surface area contributed by atoms with E-state index in [1.165, 1.54) is 88.3 Å². The number of hydrogen-bond donors (Lipinski definition) is 0. The zero-order valence-electron chi connectivity index (χ0n) is 28.6. The Morgan fingerprint density at radius 3 is 0.904 bits per heavy atom. The Balaban J connectivity index is 1.38. The van der Waals surface area contributed by atoms with Crippen LogP contribution in [-0.2, 0) is 10.8 Å². The van der Waals surface area contributed by atoms with Gasteiger partial charge in [0.1, 0.15) is 0 Å². The summed E-state index contributed by atoms with van der Waals surface area (Å²) in [4.78, 5) is 0. The Bertz CT molecular complexity index is 2540. The molecule has 0 heterocycles. The third kappa shape index (κ3) is 3.71. The summed E-state index contributed by atoms with van der Waals surface area (Å²) in [7, 11) is 0. The van der Waals surface area contributed by atoms with Gasteiger partial charge in [-0.15, -0.1) is 0 Å². The van der Waals surface area contributed by atoms with Gasteiger partial charge in [-0.2, -0.15) is 0 Å². The minimum absolute atomic E-state index is 0.512. The lowest BCUT2D eigenvalue weighted by Gasteiger charge is -2.35. The van der Waals surface area contributed by atoms with Crippen LogP contribution in [0, 0.1) is 0 Å². The standard InChI is InChI=1S/C52H34/c1-5-19-37(20-6-1)51(38-21-7-2-8-22-38)45-31-29-35-17-13-15-27-41(35)49(45)43-34-48-44(33-47(43)51)50-42-28-16-14-18-36(42)30-32-46(50)52(48,39-23-9-3-10-24-39)40-25-11-4-12-26-40/h1-34H. The first kappa shape index (κ1) is 29.3. The fourth-order valence-electron chi connectivity index (χ4n) is 10.0. The average Bonchev–Trinajstić information content (AvgIpc) is 3.69. The largest absolute Gasteiger partial charge is 0.0714 e. The Hall–Kier alpha value is -6.50. The maximum Gasteiger partial charge on any atom is 0.0714 e. The summed E-state index contributed by atoms with van der Waals surface area (Å²) in [5, 5.41) is 5.11. The van der Waals surface area contributed by atoms with Gasteiger partial charge in [0.05, 0.1) is 10.8 Å². The van der Waals surface area contributed by atoms with Gasteiger partial charge in [-0.05, 0) is 100 Å². The van der Waals surface area contributed by atoms with Crippen LogP contribution in [0.25, 0.3) is 43.8 Å². The topological polar surface area (TPSA) is 0 Å². The third-order valence-corrected chi connectivity index (χ3v) is 12.0. The highest BCUT2D eigenvalue weighted by atomic mass is 14.5. The summed E-state index contributed by atoms with van der Waals surface area (Å²) in [6, 6.07) is 77.3. The molecule has 0 saturated carbocycles. The van der Waals surface area contributed by atoms with Crippen molar-refractivity contribution < 1.29 is 0 Å². The molecule has 0 aromatic heterocycles. The van der Waals surface area contributed by atoms with E-state index in [0.717, 1.165) is 0 Å².